The number of ketones is 1. The fourth-order valence-electron chi connectivity index (χ4n) is 1.82. The number of hydrogen-bond donors (Lipinski definition) is 2. The molecule has 1 aromatic rings. The smallest absolute Gasteiger partial charge is 0.408 e. The molecule has 1 heterocycles. The van der Waals surface area contributed by atoms with Gasteiger partial charge in [0.15, 0.2) is 0 Å². The second-order valence-electron chi connectivity index (χ2n) is 4.75. The number of carbonyl (C=O) groups is 3. The second kappa shape index (κ2) is 6.82. The van der Waals surface area contributed by atoms with Crippen LogP contribution in [0, 0.1) is 0 Å². The molecule has 0 aliphatic rings. The number of carboxylic acids is 1. The lowest BCUT2D eigenvalue weighted by atomic mass is 10.2. The zero-order valence-electron chi connectivity index (χ0n) is 12.5. The summed E-state index contributed by atoms with van der Waals surface area (Å²) in [5.74, 6) is -4.10. The molecule has 0 spiro atoms. The van der Waals surface area contributed by atoms with Crippen molar-refractivity contribution in [2.45, 2.75) is 25.7 Å². The minimum atomic E-state index is -4.70. The number of halogens is 3. The molecule has 128 valence electrons. The van der Waals surface area contributed by atoms with Crippen molar-refractivity contribution in [2.75, 3.05) is 7.11 Å². The van der Waals surface area contributed by atoms with Crippen LogP contribution in [-0.2, 0) is 23.2 Å². The lowest BCUT2D eigenvalue weighted by Crippen LogP contribution is -2.46. The number of nitrogens with one attached hydrogen (secondary N) is 1. The lowest BCUT2D eigenvalue weighted by Gasteiger charge is -2.16. The van der Waals surface area contributed by atoms with E-state index in [2.05, 4.69) is 0 Å². The van der Waals surface area contributed by atoms with Gasteiger partial charge in [0.25, 0.3) is 11.7 Å². The largest absolute Gasteiger partial charge is 0.478 e. The number of Topliss-reactive ketones (excluding diaryl/α,β-unsaturated/α-hetero) is 1. The van der Waals surface area contributed by atoms with Gasteiger partial charge >= 0.3 is 12.1 Å². The van der Waals surface area contributed by atoms with Crippen LogP contribution in [0.5, 0.6) is 0 Å². The monoisotopic (exact) mass is 336 g/mol. The summed E-state index contributed by atoms with van der Waals surface area (Å²) in [5, 5.41) is 10.6. The first kappa shape index (κ1) is 18.7. The van der Waals surface area contributed by atoms with Crippen LogP contribution in [0.25, 0.3) is 0 Å². The van der Waals surface area contributed by atoms with E-state index in [9.17, 15) is 27.6 Å². The van der Waals surface area contributed by atoms with Gasteiger partial charge in [0, 0.05) is 14.2 Å². The van der Waals surface area contributed by atoms with Crippen LogP contribution in [0.15, 0.2) is 6.07 Å². The fraction of sp³-hybridized carbons (Fsp3) is 0.462. The molecule has 0 bridgehead atoms. The van der Waals surface area contributed by atoms with Crippen LogP contribution in [0.2, 0.25) is 0 Å². The van der Waals surface area contributed by atoms with Gasteiger partial charge in [-0.25, -0.2) is 4.79 Å². The molecule has 10 heteroatoms. The molecule has 0 aliphatic heterocycles. The van der Waals surface area contributed by atoms with Crippen molar-refractivity contribution in [1.29, 1.82) is 0 Å². The SMILES string of the molecule is COCc1c(C(=O)O)cc(C(=O)C(=O)N[C@@H](C)C(F)(F)F)n1C. The number of carboxylic acid groups (broad SMARTS) is 1. The molecule has 1 rings (SSSR count). The van der Waals surface area contributed by atoms with Crippen LogP contribution in [0.4, 0.5) is 13.2 Å². The topological polar surface area (TPSA) is 97.6 Å². The Labute approximate surface area is 129 Å². The van der Waals surface area contributed by atoms with E-state index in [0.29, 0.717) is 6.92 Å². The molecular weight excluding hydrogens is 321 g/mol. The van der Waals surface area contributed by atoms with Gasteiger partial charge in [-0.05, 0) is 13.0 Å². The lowest BCUT2D eigenvalue weighted by molar-refractivity contribution is -0.156. The van der Waals surface area contributed by atoms with Gasteiger partial charge in [-0.3, -0.25) is 9.59 Å². The number of carbonyl (C=O) groups excluding carboxylic acids is 2. The standard InChI is InChI=1S/C13H15F3N2O5/c1-6(13(14,15)16)17-11(20)10(19)8-4-7(12(21)22)9(5-23-3)18(8)2/h4,6H,5H2,1-3H3,(H,17,20)(H,21,22)/t6-/m0/s1. The van der Waals surface area contributed by atoms with Crippen LogP contribution >= 0.6 is 0 Å². The highest BCUT2D eigenvalue weighted by molar-refractivity contribution is 6.42. The van der Waals surface area contributed by atoms with E-state index in [4.69, 9.17) is 9.84 Å². The molecule has 0 aromatic carbocycles. The van der Waals surface area contributed by atoms with E-state index in [-0.39, 0.29) is 23.6 Å². The van der Waals surface area contributed by atoms with E-state index in [0.717, 1.165) is 10.6 Å². The first-order chi connectivity index (χ1) is 10.5. The molecule has 23 heavy (non-hydrogen) atoms. The Morgan fingerprint density at radius 1 is 1.39 bits per heavy atom. The third-order valence-corrected chi connectivity index (χ3v) is 3.15. The van der Waals surface area contributed by atoms with Gasteiger partial charge in [-0.1, -0.05) is 0 Å². The Balaban J connectivity index is 3.11. The van der Waals surface area contributed by atoms with Gasteiger partial charge < -0.3 is 19.7 Å². The maximum atomic E-state index is 12.4. The van der Waals surface area contributed by atoms with Crippen molar-refractivity contribution in [2.24, 2.45) is 7.05 Å². The Hall–Kier alpha value is -2.36. The van der Waals surface area contributed by atoms with Crippen LogP contribution < -0.4 is 5.32 Å². The van der Waals surface area contributed by atoms with E-state index >= 15 is 0 Å². The average Bonchev–Trinajstić information content (AvgIpc) is 2.75. The quantitative estimate of drug-likeness (QED) is 0.599. The predicted molar refractivity (Wildman–Crippen MR) is 71.1 cm³/mol. The Morgan fingerprint density at radius 2 is 1.96 bits per heavy atom. The normalized spacial score (nSPS) is 12.8. The zero-order chi connectivity index (χ0) is 17.9. The van der Waals surface area contributed by atoms with E-state index in [1.54, 1.807) is 0 Å². The molecular formula is C13H15F3N2O5. The maximum absolute atomic E-state index is 12.4. The van der Waals surface area contributed by atoms with Crippen LogP contribution in [-0.4, -0.2) is 46.7 Å². The molecule has 7 nitrogen and oxygen atoms in total. The average molecular weight is 336 g/mol. The summed E-state index contributed by atoms with van der Waals surface area (Å²) < 4.78 is 43.1. The van der Waals surface area contributed by atoms with Crippen molar-refractivity contribution in [3.8, 4) is 0 Å². The van der Waals surface area contributed by atoms with Crippen molar-refractivity contribution in [3.63, 3.8) is 0 Å². The zero-order valence-corrected chi connectivity index (χ0v) is 12.5. The molecule has 0 radical (unpaired) electrons. The second-order valence-corrected chi connectivity index (χ2v) is 4.75. The van der Waals surface area contributed by atoms with E-state index in [1.165, 1.54) is 19.5 Å². The van der Waals surface area contributed by atoms with Gasteiger partial charge in [0.1, 0.15) is 6.04 Å². The van der Waals surface area contributed by atoms with Crippen molar-refractivity contribution < 1.29 is 37.4 Å². The number of ether oxygens (including phenoxy) is 1. The van der Waals surface area contributed by atoms with Crippen molar-refractivity contribution in [3.05, 3.63) is 23.0 Å². The molecule has 0 saturated carbocycles. The van der Waals surface area contributed by atoms with Gasteiger partial charge in [0.05, 0.1) is 23.6 Å². The third-order valence-electron chi connectivity index (χ3n) is 3.15. The number of rotatable bonds is 6. The molecule has 1 aromatic heterocycles. The summed E-state index contributed by atoms with van der Waals surface area (Å²) in [4.78, 5) is 34.8. The van der Waals surface area contributed by atoms with Gasteiger partial charge in [0.2, 0.25) is 0 Å². The van der Waals surface area contributed by atoms with Gasteiger partial charge in [-0.2, -0.15) is 13.2 Å². The maximum Gasteiger partial charge on any atom is 0.408 e. The molecule has 0 aliphatic carbocycles. The molecule has 2 N–H and O–H groups in total. The number of aromatic nitrogens is 1. The highest BCUT2D eigenvalue weighted by atomic mass is 19.4. The number of hydrogen-bond acceptors (Lipinski definition) is 4. The Bertz CT molecular complexity index is 636. The number of nitrogens with zero attached hydrogens (tertiary/aromatic N) is 1. The third kappa shape index (κ3) is 4.09. The predicted octanol–water partition coefficient (Wildman–Crippen LogP) is 1.12. The molecule has 0 unspecified atom stereocenters. The highest BCUT2D eigenvalue weighted by Crippen LogP contribution is 2.20. The highest BCUT2D eigenvalue weighted by Gasteiger charge is 2.38. The first-order valence-corrected chi connectivity index (χ1v) is 6.33. The molecule has 0 fully saturated rings. The number of alkyl halides is 3. The summed E-state index contributed by atoms with van der Waals surface area (Å²) in [6, 6.07) is -1.28. The first-order valence-electron chi connectivity index (χ1n) is 6.33. The summed E-state index contributed by atoms with van der Waals surface area (Å²) in [6.07, 6.45) is -4.70. The van der Waals surface area contributed by atoms with Crippen LogP contribution in [0.3, 0.4) is 0 Å². The summed E-state index contributed by atoms with van der Waals surface area (Å²) in [6.45, 7) is 0.543. The minimum absolute atomic E-state index is 0.111. The van der Waals surface area contributed by atoms with Crippen LogP contribution in [0.1, 0.15) is 33.5 Å². The summed E-state index contributed by atoms with van der Waals surface area (Å²) in [7, 11) is 2.62. The molecule has 1 atom stereocenters. The minimum Gasteiger partial charge on any atom is -0.478 e. The van der Waals surface area contributed by atoms with Crippen molar-refractivity contribution in [1.82, 2.24) is 9.88 Å². The van der Waals surface area contributed by atoms with Crippen molar-refractivity contribution >= 4 is 17.7 Å². The summed E-state index contributed by atoms with van der Waals surface area (Å²) in [5.41, 5.74) is -0.504. The summed E-state index contributed by atoms with van der Waals surface area (Å²) >= 11 is 0. The molecule has 0 saturated heterocycles. The Kier molecular flexibility index (Phi) is 5.54. The van der Waals surface area contributed by atoms with E-state index < -0.39 is 29.9 Å². The van der Waals surface area contributed by atoms with E-state index in [1.807, 2.05) is 0 Å². The number of aromatic carboxylic acids is 1. The van der Waals surface area contributed by atoms with Gasteiger partial charge in [-0.15, -0.1) is 0 Å². The number of amides is 1. The molecule has 1 amide bonds. The number of methoxy groups -OCH3 is 1. The fourth-order valence-corrected chi connectivity index (χ4v) is 1.82. The Morgan fingerprint density at radius 3 is 2.39 bits per heavy atom.